The highest BCUT2D eigenvalue weighted by Crippen LogP contribution is 2.10. The first kappa shape index (κ1) is 13.0. The molecule has 0 aliphatic rings. The van der Waals surface area contributed by atoms with E-state index in [9.17, 15) is 4.79 Å². The lowest BCUT2D eigenvalue weighted by Crippen LogP contribution is -2.26. The van der Waals surface area contributed by atoms with Gasteiger partial charge in [-0.3, -0.25) is 9.89 Å². The maximum absolute atomic E-state index is 11.5. The Morgan fingerprint density at radius 2 is 2.44 bits per heavy atom. The van der Waals surface area contributed by atoms with Crippen LogP contribution in [0.2, 0.25) is 5.02 Å². The molecule has 1 amide bonds. The predicted octanol–water partition coefficient (Wildman–Crippen LogP) is 1.61. The lowest BCUT2D eigenvalue weighted by Gasteiger charge is -2.07. The van der Waals surface area contributed by atoms with Crippen LogP contribution in [-0.4, -0.2) is 35.4 Å². The first-order chi connectivity index (χ1) is 7.61. The van der Waals surface area contributed by atoms with Crippen molar-refractivity contribution in [2.75, 3.05) is 13.2 Å². The Labute approximate surface area is 99.5 Å². The monoisotopic (exact) mass is 245 g/mol. The normalized spacial score (nSPS) is 10.8. The van der Waals surface area contributed by atoms with Crippen molar-refractivity contribution in [1.29, 1.82) is 0 Å². The number of hydrogen-bond donors (Lipinski definition) is 2. The zero-order valence-corrected chi connectivity index (χ0v) is 10.2. The number of aromatic amines is 1. The van der Waals surface area contributed by atoms with Gasteiger partial charge in [0.25, 0.3) is 5.91 Å². The van der Waals surface area contributed by atoms with Crippen LogP contribution in [0.25, 0.3) is 0 Å². The Kier molecular flexibility index (Phi) is 5.28. The van der Waals surface area contributed by atoms with Crippen molar-refractivity contribution in [3.8, 4) is 0 Å². The van der Waals surface area contributed by atoms with Crippen LogP contribution in [-0.2, 0) is 4.74 Å². The van der Waals surface area contributed by atoms with Gasteiger partial charge in [-0.1, -0.05) is 11.6 Å². The standard InChI is InChI=1S/C10H16ClN3O2/c1-7(2)16-5-3-4-12-10(15)9-8(11)6-13-14-9/h6-7H,3-5H2,1-2H3,(H,12,15)(H,13,14). The van der Waals surface area contributed by atoms with Crippen LogP contribution < -0.4 is 5.32 Å². The van der Waals surface area contributed by atoms with Crippen LogP contribution in [0.4, 0.5) is 0 Å². The second kappa shape index (κ2) is 6.50. The van der Waals surface area contributed by atoms with Crippen molar-refractivity contribution >= 4 is 17.5 Å². The van der Waals surface area contributed by atoms with E-state index in [-0.39, 0.29) is 12.0 Å². The van der Waals surface area contributed by atoms with Gasteiger partial charge in [0.1, 0.15) is 5.69 Å². The molecule has 0 aromatic carbocycles. The van der Waals surface area contributed by atoms with Gasteiger partial charge in [0, 0.05) is 13.2 Å². The summed E-state index contributed by atoms with van der Waals surface area (Å²) in [6.07, 6.45) is 2.39. The molecule has 5 nitrogen and oxygen atoms in total. The van der Waals surface area contributed by atoms with E-state index in [4.69, 9.17) is 16.3 Å². The number of rotatable bonds is 6. The van der Waals surface area contributed by atoms with E-state index in [2.05, 4.69) is 15.5 Å². The van der Waals surface area contributed by atoms with Gasteiger partial charge in [0.05, 0.1) is 17.3 Å². The number of nitrogens with one attached hydrogen (secondary N) is 2. The van der Waals surface area contributed by atoms with Gasteiger partial charge in [-0.2, -0.15) is 5.10 Å². The van der Waals surface area contributed by atoms with Crippen molar-refractivity contribution in [3.63, 3.8) is 0 Å². The van der Waals surface area contributed by atoms with Crippen molar-refractivity contribution < 1.29 is 9.53 Å². The average molecular weight is 246 g/mol. The molecule has 6 heteroatoms. The molecule has 0 unspecified atom stereocenters. The lowest BCUT2D eigenvalue weighted by molar-refractivity contribution is 0.0756. The summed E-state index contributed by atoms with van der Waals surface area (Å²) in [5.41, 5.74) is 0.298. The number of carbonyl (C=O) groups is 1. The molecule has 0 radical (unpaired) electrons. The van der Waals surface area contributed by atoms with Crippen molar-refractivity contribution in [3.05, 3.63) is 16.9 Å². The van der Waals surface area contributed by atoms with E-state index in [0.717, 1.165) is 6.42 Å². The molecule has 90 valence electrons. The summed E-state index contributed by atoms with van der Waals surface area (Å²) < 4.78 is 5.34. The number of aromatic nitrogens is 2. The summed E-state index contributed by atoms with van der Waals surface area (Å²) in [5, 5.41) is 9.26. The molecule has 0 spiro atoms. The molecule has 1 rings (SSSR count). The zero-order chi connectivity index (χ0) is 12.0. The molecular formula is C10H16ClN3O2. The minimum Gasteiger partial charge on any atom is -0.379 e. The average Bonchev–Trinajstić information content (AvgIpc) is 2.63. The van der Waals surface area contributed by atoms with Gasteiger partial charge in [-0.05, 0) is 20.3 Å². The number of carbonyl (C=O) groups excluding carboxylic acids is 1. The summed E-state index contributed by atoms with van der Waals surface area (Å²) >= 11 is 5.74. The first-order valence-electron chi connectivity index (χ1n) is 5.20. The summed E-state index contributed by atoms with van der Waals surface area (Å²) in [7, 11) is 0. The third-order valence-corrected chi connectivity index (χ3v) is 2.16. The van der Waals surface area contributed by atoms with Crippen molar-refractivity contribution in [2.45, 2.75) is 26.4 Å². The topological polar surface area (TPSA) is 67.0 Å². The summed E-state index contributed by atoms with van der Waals surface area (Å²) in [6.45, 7) is 5.14. The maximum atomic E-state index is 11.5. The molecule has 0 fully saturated rings. The van der Waals surface area contributed by atoms with E-state index < -0.39 is 0 Å². The van der Waals surface area contributed by atoms with Crippen molar-refractivity contribution in [1.82, 2.24) is 15.5 Å². The third-order valence-electron chi connectivity index (χ3n) is 1.88. The smallest absolute Gasteiger partial charge is 0.270 e. The molecule has 0 aliphatic heterocycles. The molecule has 0 saturated heterocycles. The fourth-order valence-electron chi connectivity index (χ4n) is 1.11. The van der Waals surface area contributed by atoms with Crippen LogP contribution >= 0.6 is 11.6 Å². The summed E-state index contributed by atoms with van der Waals surface area (Å²) in [5.74, 6) is -0.243. The maximum Gasteiger partial charge on any atom is 0.270 e. The molecule has 1 aromatic rings. The first-order valence-corrected chi connectivity index (χ1v) is 5.57. The minimum absolute atomic E-state index is 0.220. The molecule has 0 aliphatic carbocycles. The second-order valence-electron chi connectivity index (χ2n) is 3.62. The van der Waals surface area contributed by atoms with Gasteiger partial charge >= 0.3 is 0 Å². The van der Waals surface area contributed by atoms with Gasteiger partial charge < -0.3 is 10.1 Å². The van der Waals surface area contributed by atoms with Gasteiger partial charge in [0.2, 0.25) is 0 Å². The fourth-order valence-corrected chi connectivity index (χ4v) is 1.29. The van der Waals surface area contributed by atoms with E-state index in [1.807, 2.05) is 13.8 Å². The van der Waals surface area contributed by atoms with E-state index in [1.54, 1.807) is 0 Å². The molecule has 0 saturated carbocycles. The SMILES string of the molecule is CC(C)OCCCNC(=O)c1[nH]ncc1Cl. The zero-order valence-electron chi connectivity index (χ0n) is 9.42. The Bertz CT molecular complexity index is 339. The number of halogens is 1. The molecule has 0 bridgehead atoms. The van der Waals surface area contributed by atoms with Gasteiger partial charge in [-0.15, -0.1) is 0 Å². The Hall–Kier alpha value is -1.07. The number of ether oxygens (including phenoxy) is 1. The Balaban J connectivity index is 2.19. The number of hydrogen-bond acceptors (Lipinski definition) is 3. The van der Waals surface area contributed by atoms with Crippen LogP contribution in [0.3, 0.4) is 0 Å². The largest absolute Gasteiger partial charge is 0.379 e. The predicted molar refractivity (Wildman–Crippen MR) is 61.6 cm³/mol. The lowest BCUT2D eigenvalue weighted by atomic mass is 10.3. The third kappa shape index (κ3) is 4.20. The van der Waals surface area contributed by atoms with Crippen LogP contribution in [0.1, 0.15) is 30.8 Å². The molecule has 2 N–H and O–H groups in total. The van der Waals surface area contributed by atoms with Crippen molar-refractivity contribution in [2.24, 2.45) is 0 Å². The van der Waals surface area contributed by atoms with Crippen LogP contribution in [0.15, 0.2) is 6.20 Å². The van der Waals surface area contributed by atoms with Crippen LogP contribution in [0, 0.1) is 0 Å². The highest BCUT2D eigenvalue weighted by atomic mass is 35.5. The number of nitrogens with zero attached hydrogens (tertiary/aromatic N) is 1. The Morgan fingerprint density at radius 3 is 3.00 bits per heavy atom. The highest BCUT2D eigenvalue weighted by molar-refractivity contribution is 6.33. The van der Waals surface area contributed by atoms with Crippen LogP contribution in [0.5, 0.6) is 0 Å². The second-order valence-corrected chi connectivity index (χ2v) is 4.03. The molecule has 16 heavy (non-hydrogen) atoms. The van der Waals surface area contributed by atoms with Gasteiger partial charge in [0.15, 0.2) is 0 Å². The highest BCUT2D eigenvalue weighted by Gasteiger charge is 2.10. The van der Waals surface area contributed by atoms with E-state index in [0.29, 0.717) is 23.9 Å². The minimum atomic E-state index is -0.243. The van der Waals surface area contributed by atoms with E-state index >= 15 is 0 Å². The van der Waals surface area contributed by atoms with Gasteiger partial charge in [-0.25, -0.2) is 0 Å². The van der Waals surface area contributed by atoms with E-state index in [1.165, 1.54) is 6.20 Å². The Morgan fingerprint density at radius 1 is 1.69 bits per heavy atom. The summed E-state index contributed by atoms with van der Waals surface area (Å²) in [6, 6.07) is 0. The number of amides is 1. The summed E-state index contributed by atoms with van der Waals surface area (Å²) in [4.78, 5) is 11.5. The fraction of sp³-hybridized carbons (Fsp3) is 0.600. The molecule has 1 aromatic heterocycles. The molecule has 1 heterocycles. The quantitative estimate of drug-likeness (QED) is 0.749. The molecule has 0 atom stereocenters. The number of H-pyrrole nitrogens is 1. The molecular weight excluding hydrogens is 230 g/mol.